The average molecular weight is 706 g/mol. The number of alkyl halides is 1. The Hall–Kier alpha value is -0.810. The topological polar surface area (TPSA) is 57.2 Å². The van der Waals surface area contributed by atoms with Crippen LogP contribution >= 0.6 is 59.4 Å². The molecule has 0 spiro atoms. The van der Waals surface area contributed by atoms with Crippen LogP contribution in [0.2, 0.25) is 0 Å². The Morgan fingerprint density at radius 3 is 1.56 bits per heavy atom. The maximum atomic E-state index is 11.3. The van der Waals surface area contributed by atoms with Crippen LogP contribution in [0.4, 0.5) is 0 Å². The third kappa shape index (κ3) is 8.09. The van der Waals surface area contributed by atoms with E-state index >= 15 is 0 Å². The Labute approximate surface area is 241 Å². The second-order valence-corrected chi connectivity index (χ2v) is 11.6. The van der Waals surface area contributed by atoms with E-state index in [4.69, 9.17) is 30.5 Å². The second kappa shape index (κ2) is 13.8. The molecule has 1 aliphatic heterocycles. The first-order valence-electron chi connectivity index (χ1n) is 11.4. The second-order valence-electron chi connectivity index (χ2n) is 8.46. The zero-order valence-electron chi connectivity index (χ0n) is 19.2. The molecule has 192 valence electrons. The van der Waals surface area contributed by atoms with Crippen LogP contribution in [-0.2, 0) is 38.8 Å². The van der Waals surface area contributed by atoms with Crippen molar-refractivity contribution in [3.8, 4) is 0 Å². The molecule has 3 aromatic rings. The van der Waals surface area contributed by atoms with Crippen LogP contribution in [0.15, 0.2) is 86.2 Å². The fourth-order valence-corrected chi connectivity index (χ4v) is 4.96. The summed E-state index contributed by atoms with van der Waals surface area (Å²) in [7, 11) is 0. The van der Waals surface area contributed by atoms with E-state index in [-0.39, 0.29) is 13.2 Å². The van der Waals surface area contributed by atoms with Crippen molar-refractivity contribution in [3.63, 3.8) is 0 Å². The summed E-state index contributed by atoms with van der Waals surface area (Å²) < 4.78 is 27.1. The van der Waals surface area contributed by atoms with Gasteiger partial charge in [0.25, 0.3) is 0 Å². The molecular formula is C27H26Br3ClO5. The fourth-order valence-electron chi connectivity index (χ4n) is 3.82. The van der Waals surface area contributed by atoms with Crippen molar-refractivity contribution in [2.75, 3.05) is 6.61 Å². The lowest BCUT2D eigenvalue weighted by atomic mass is 9.99. The van der Waals surface area contributed by atoms with Crippen molar-refractivity contribution in [3.05, 3.63) is 103 Å². The molecule has 9 heteroatoms. The summed E-state index contributed by atoms with van der Waals surface area (Å²) in [6, 6.07) is 23.5. The first-order chi connectivity index (χ1) is 17.4. The number of halogens is 4. The van der Waals surface area contributed by atoms with Gasteiger partial charge < -0.3 is 24.1 Å². The van der Waals surface area contributed by atoms with E-state index in [1.807, 2.05) is 72.8 Å². The van der Waals surface area contributed by atoms with Gasteiger partial charge in [-0.25, -0.2) is 0 Å². The smallest absolute Gasteiger partial charge is 0.160 e. The molecule has 5 atom stereocenters. The van der Waals surface area contributed by atoms with Crippen LogP contribution in [0.25, 0.3) is 0 Å². The molecule has 0 saturated carbocycles. The van der Waals surface area contributed by atoms with Gasteiger partial charge in [0.1, 0.15) is 24.4 Å². The molecule has 0 radical (unpaired) electrons. The lowest BCUT2D eigenvalue weighted by molar-refractivity contribution is -0.242. The van der Waals surface area contributed by atoms with E-state index in [1.54, 1.807) is 0 Å². The maximum Gasteiger partial charge on any atom is 0.160 e. The van der Waals surface area contributed by atoms with Crippen molar-refractivity contribution >= 4 is 59.4 Å². The highest BCUT2D eigenvalue weighted by Gasteiger charge is 2.46. The minimum absolute atomic E-state index is 0.209. The minimum Gasteiger partial charge on any atom is -0.387 e. The standard InChI is InChI=1S/C27H26Br3ClO5/c28-20-7-1-17(2-8-20)13-33-16-23-25(34-14-18-3-9-21(29)10-4-18)24(32)26(27(31)36-23)35-15-19-5-11-22(30)12-6-19/h1-12,23-27,32H,13-16H2/t23-,24+,25-,26+,27+/m1/s1. The van der Waals surface area contributed by atoms with E-state index < -0.39 is 30.0 Å². The summed E-state index contributed by atoms with van der Waals surface area (Å²) in [5.74, 6) is 0. The molecular weight excluding hydrogens is 679 g/mol. The first-order valence-corrected chi connectivity index (χ1v) is 14.2. The summed E-state index contributed by atoms with van der Waals surface area (Å²) in [5, 5.41) is 11.3. The van der Waals surface area contributed by atoms with E-state index in [0.29, 0.717) is 13.2 Å². The van der Waals surface area contributed by atoms with Crippen LogP contribution < -0.4 is 0 Å². The highest BCUT2D eigenvalue weighted by Crippen LogP contribution is 2.30. The first kappa shape index (κ1) is 28.2. The zero-order chi connectivity index (χ0) is 25.5. The number of hydrogen-bond acceptors (Lipinski definition) is 5. The van der Waals surface area contributed by atoms with Crippen molar-refractivity contribution in [1.82, 2.24) is 0 Å². The van der Waals surface area contributed by atoms with Crippen molar-refractivity contribution < 1.29 is 24.1 Å². The fraction of sp³-hybridized carbons (Fsp3) is 0.333. The summed E-state index contributed by atoms with van der Waals surface area (Å²) in [6.45, 7) is 1.19. The van der Waals surface area contributed by atoms with E-state index in [9.17, 15) is 5.11 Å². The van der Waals surface area contributed by atoms with Crippen LogP contribution in [-0.4, -0.2) is 41.7 Å². The molecule has 5 nitrogen and oxygen atoms in total. The summed E-state index contributed by atoms with van der Waals surface area (Å²) in [5.41, 5.74) is 2.10. The Balaban J connectivity index is 1.41. The Morgan fingerprint density at radius 1 is 0.667 bits per heavy atom. The molecule has 36 heavy (non-hydrogen) atoms. The molecule has 0 aromatic heterocycles. The maximum absolute atomic E-state index is 11.3. The molecule has 1 fully saturated rings. The van der Waals surface area contributed by atoms with Gasteiger partial charge in [-0.3, -0.25) is 0 Å². The van der Waals surface area contributed by atoms with Crippen LogP contribution in [0.5, 0.6) is 0 Å². The van der Waals surface area contributed by atoms with Gasteiger partial charge in [0.05, 0.1) is 26.4 Å². The molecule has 1 heterocycles. The normalized spacial score (nSPS) is 24.1. The number of aliphatic hydroxyl groups excluding tert-OH is 1. The lowest BCUT2D eigenvalue weighted by Gasteiger charge is -2.42. The summed E-state index contributed by atoms with van der Waals surface area (Å²) in [4.78, 5) is 0. The van der Waals surface area contributed by atoms with Crippen LogP contribution in [0.3, 0.4) is 0 Å². The predicted molar refractivity (Wildman–Crippen MR) is 150 cm³/mol. The summed E-state index contributed by atoms with van der Waals surface area (Å²) in [6.07, 6.45) is -3.04. The highest BCUT2D eigenvalue weighted by molar-refractivity contribution is 9.11. The molecule has 0 unspecified atom stereocenters. The molecule has 0 aliphatic carbocycles. The van der Waals surface area contributed by atoms with Gasteiger partial charge in [-0.15, -0.1) is 0 Å². The predicted octanol–water partition coefficient (Wildman–Crippen LogP) is 6.99. The third-order valence-electron chi connectivity index (χ3n) is 5.78. The molecule has 0 bridgehead atoms. The van der Waals surface area contributed by atoms with E-state index in [1.165, 1.54) is 0 Å². The minimum atomic E-state index is -1.01. The Bertz CT molecular complexity index is 1080. The average Bonchev–Trinajstić information content (AvgIpc) is 2.87. The number of ether oxygens (including phenoxy) is 4. The quantitative estimate of drug-likeness (QED) is 0.231. The van der Waals surface area contributed by atoms with Gasteiger partial charge in [-0.1, -0.05) is 95.8 Å². The van der Waals surface area contributed by atoms with E-state index in [0.717, 1.165) is 30.1 Å². The van der Waals surface area contributed by atoms with Gasteiger partial charge in [-0.2, -0.15) is 0 Å². The van der Waals surface area contributed by atoms with Crippen LogP contribution in [0.1, 0.15) is 16.7 Å². The Morgan fingerprint density at radius 2 is 1.08 bits per heavy atom. The SMILES string of the molecule is O[C@@H]1[C@H](OCc2ccc(Br)cc2)[C@@H](Cl)O[C@H](COCc2ccc(Br)cc2)[C@H]1OCc1ccc(Br)cc1. The van der Waals surface area contributed by atoms with Gasteiger partial charge in [0, 0.05) is 13.4 Å². The molecule has 1 N–H and O–H groups in total. The lowest BCUT2D eigenvalue weighted by Crippen LogP contribution is -2.58. The summed E-state index contributed by atoms with van der Waals surface area (Å²) >= 11 is 16.9. The molecule has 1 aliphatic rings. The zero-order valence-corrected chi connectivity index (χ0v) is 24.7. The van der Waals surface area contributed by atoms with Crippen LogP contribution in [0, 0.1) is 0 Å². The third-order valence-corrected chi connectivity index (χ3v) is 7.72. The number of benzene rings is 3. The van der Waals surface area contributed by atoms with Gasteiger partial charge in [0.15, 0.2) is 5.56 Å². The monoisotopic (exact) mass is 702 g/mol. The molecule has 4 rings (SSSR count). The Kier molecular flexibility index (Phi) is 10.8. The van der Waals surface area contributed by atoms with E-state index in [2.05, 4.69) is 47.8 Å². The van der Waals surface area contributed by atoms with Gasteiger partial charge >= 0.3 is 0 Å². The molecule has 1 saturated heterocycles. The highest BCUT2D eigenvalue weighted by atomic mass is 79.9. The molecule has 0 amide bonds. The van der Waals surface area contributed by atoms with Crippen molar-refractivity contribution in [2.24, 2.45) is 0 Å². The number of rotatable bonds is 10. The number of aliphatic hydroxyl groups is 1. The molecule has 3 aromatic carbocycles. The van der Waals surface area contributed by atoms with Crippen molar-refractivity contribution in [1.29, 1.82) is 0 Å². The van der Waals surface area contributed by atoms with Gasteiger partial charge in [-0.05, 0) is 53.1 Å². The number of hydrogen-bond donors (Lipinski definition) is 1. The van der Waals surface area contributed by atoms with Crippen molar-refractivity contribution in [2.45, 2.75) is 49.8 Å². The largest absolute Gasteiger partial charge is 0.387 e. The van der Waals surface area contributed by atoms with Gasteiger partial charge in [0.2, 0.25) is 0 Å².